The molecule has 2 heterocycles. The van der Waals surface area contributed by atoms with Crippen LogP contribution in [0.1, 0.15) is 68.0 Å². The Kier molecular flexibility index (Phi) is 6.83. The Labute approximate surface area is 197 Å². The quantitative estimate of drug-likeness (QED) is 0.323. The van der Waals surface area contributed by atoms with E-state index in [2.05, 4.69) is 53.6 Å². The molecule has 33 heavy (non-hydrogen) atoms. The molecule has 2 aromatic carbocycles. The molecule has 0 unspecified atom stereocenters. The molecule has 0 spiro atoms. The molecule has 4 aromatic rings. The van der Waals surface area contributed by atoms with Gasteiger partial charge in [0.25, 0.3) is 0 Å². The van der Waals surface area contributed by atoms with Gasteiger partial charge in [0.05, 0.1) is 25.4 Å². The van der Waals surface area contributed by atoms with Crippen LogP contribution in [0.2, 0.25) is 0 Å². The number of benzene rings is 2. The lowest BCUT2D eigenvalue weighted by Gasteiger charge is -2.23. The zero-order chi connectivity index (χ0) is 22.1. The lowest BCUT2D eigenvalue weighted by Crippen LogP contribution is -2.08. The van der Waals surface area contributed by atoms with E-state index < -0.39 is 0 Å². The Bertz CT molecular complexity index is 1280. The molecule has 0 N–H and O–H groups in total. The van der Waals surface area contributed by atoms with Gasteiger partial charge in [-0.15, -0.1) is 0 Å². The Hall–Kier alpha value is -3.14. The van der Waals surface area contributed by atoms with Crippen molar-refractivity contribution in [2.75, 3.05) is 14.2 Å². The zero-order valence-electron chi connectivity index (χ0n) is 19.1. The van der Waals surface area contributed by atoms with Gasteiger partial charge in [-0.1, -0.05) is 38.8 Å². The van der Waals surface area contributed by atoms with Crippen LogP contribution in [0.25, 0.3) is 21.7 Å². The fourth-order valence-corrected chi connectivity index (χ4v) is 5.09. The monoisotopic (exact) mass is 442 g/mol. The van der Waals surface area contributed by atoms with Crippen molar-refractivity contribution in [2.45, 2.75) is 58.8 Å². The van der Waals surface area contributed by atoms with Crippen LogP contribution in [0.4, 0.5) is 0 Å². The second kappa shape index (κ2) is 9.78. The van der Waals surface area contributed by atoms with Gasteiger partial charge in [-0.3, -0.25) is 9.97 Å². The lowest BCUT2D eigenvalue weighted by atomic mass is 9.84. The number of nitrogens with zero attached hydrogens (tertiary/aromatic N) is 2. The van der Waals surface area contributed by atoms with Crippen molar-refractivity contribution in [2.24, 2.45) is 0 Å². The highest BCUT2D eigenvalue weighted by atomic mass is 16.5. The first-order valence-corrected chi connectivity index (χ1v) is 11.6. The van der Waals surface area contributed by atoms with Crippen LogP contribution in [-0.4, -0.2) is 24.2 Å². The van der Waals surface area contributed by atoms with Crippen LogP contribution in [0.15, 0.2) is 48.7 Å². The second-order valence-corrected chi connectivity index (χ2v) is 8.91. The van der Waals surface area contributed by atoms with E-state index in [9.17, 15) is 0 Å². The number of fused-ring (bicyclic) bond motifs is 2. The zero-order valence-corrected chi connectivity index (χ0v) is 19.1. The summed E-state index contributed by atoms with van der Waals surface area (Å²) in [5.74, 6) is 2.05. The molecular weight excluding hydrogens is 408 g/mol. The standard InChI is InChI=1S/C28H30N2O2.CH4/c1-18-9-11-21-13-19(10-12-25(21)30-18)14-22-17-29-28(20-7-5-4-6-8-20)24-16-27(32-3)26(31-2)15-23(22)24;/h9-13,15-17,20H,4-8,14H2,1-3H3;1H4. The molecule has 4 nitrogen and oxygen atoms in total. The number of hydrogen-bond donors (Lipinski definition) is 0. The van der Waals surface area contributed by atoms with Crippen LogP contribution < -0.4 is 9.47 Å². The molecule has 1 fully saturated rings. The summed E-state index contributed by atoms with van der Waals surface area (Å²) in [6.07, 6.45) is 9.23. The van der Waals surface area contributed by atoms with Crippen LogP contribution in [0, 0.1) is 6.92 Å². The predicted octanol–water partition coefficient (Wildman–Crippen LogP) is 7.38. The van der Waals surface area contributed by atoms with Crippen molar-refractivity contribution in [1.29, 1.82) is 0 Å². The molecule has 0 atom stereocenters. The van der Waals surface area contributed by atoms with Crippen LogP contribution in [0.5, 0.6) is 11.5 Å². The highest BCUT2D eigenvalue weighted by molar-refractivity contribution is 5.91. The summed E-state index contributed by atoms with van der Waals surface area (Å²) in [6.45, 7) is 2.03. The number of hydrogen-bond acceptors (Lipinski definition) is 4. The van der Waals surface area contributed by atoms with Crippen molar-refractivity contribution < 1.29 is 9.47 Å². The summed E-state index contributed by atoms with van der Waals surface area (Å²) < 4.78 is 11.3. The maximum atomic E-state index is 5.65. The van der Waals surface area contributed by atoms with Gasteiger partial charge in [0.1, 0.15) is 0 Å². The van der Waals surface area contributed by atoms with Gasteiger partial charge in [0.2, 0.25) is 0 Å². The van der Waals surface area contributed by atoms with E-state index in [1.165, 1.54) is 65.1 Å². The first kappa shape index (κ1) is 23.0. The average molecular weight is 443 g/mol. The number of pyridine rings is 2. The molecule has 1 aliphatic carbocycles. The van der Waals surface area contributed by atoms with E-state index in [4.69, 9.17) is 14.5 Å². The van der Waals surface area contributed by atoms with Gasteiger partial charge in [0, 0.05) is 28.6 Å². The molecule has 2 aromatic heterocycles. The highest BCUT2D eigenvalue weighted by Gasteiger charge is 2.22. The average Bonchev–Trinajstić information content (AvgIpc) is 2.84. The lowest BCUT2D eigenvalue weighted by molar-refractivity contribution is 0.355. The van der Waals surface area contributed by atoms with Gasteiger partial charge in [-0.05, 0) is 73.0 Å². The van der Waals surface area contributed by atoms with Crippen molar-refractivity contribution in [3.8, 4) is 11.5 Å². The SMILES string of the molecule is C.COc1cc2c(Cc3ccc4nc(C)ccc4c3)cnc(C3CCCCC3)c2cc1OC. The Balaban J connectivity index is 0.00000259. The second-order valence-electron chi connectivity index (χ2n) is 8.91. The number of ether oxygens (including phenoxy) is 2. The fraction of sp³-hybridized carbons (Fsp3) is 0.379. The van der Waals surface area contributed by atoms with E-state index in [1.807, 2.05) is 6.92 Å². The van der Waals surface area contributed by atoms with Gasteiger partial charge in [-0.25, -0.2) is 0 Å². The number of aryl methyl sites for hydroxylation is 1. The molecule has 172 valence electrons. The molecule has 0 radical (unpaired) electrons. The van der Waals surface area contributed by atoms with Gasteiger partial charge in [-0.2, -0.15) is 0 Å². The van der Waals surface area contributed by atoms with Gasteiger partial charge < -0.3 is 9.47 Å². The van der Waals surface area contributed by atoms with E-state index in [0.29, 0.717) is 5.92 Å². The molecule has 0 aliphatic heterocycles. The van der Waals surface area contributed by atoms with E-state index in [-0.39, 0.29) is 7.43 Å². The van der Waals surface area contributed by atoms with E-state index in [1.54, 1.807) is 14.2 Å². The molecule has 0 bridgehead atoms. The van der Waals surface area contributed by atoms with Crippen molar-refractivity contribution >= 4 is 21.7 Å². The molecule has 1 saturated carbocycles. The van der Waals surface area contributed by atoms with Crippen molar-refractivity contribution in [3.05, 3.63) is 71.2 Å². The minimum atomic E-state index is 0. The third-order valence-electron chi connectivity index (χ3n) is 6.78. The minimum absolute atomic E-state index is 0. The van der Waals surface area contributed by atoms with Crippen LogP contribution in [0.3, 0.4) is 0 Å². The Morgan fingerprint density at radius 1 is 0.879 bits per heavy atom. The molecule has 0 saturated heterocycles. The van der Waals surface area contributed by atoms with Crippen molar-refractivity contribution in [3.63, 3.8) is 0 Å². The number of methoxy groups -OCH3 is 2. The summed E-state index contributed by atoms with van der Waals surface area (Å²) >= 11 is 0. The largest absolute Gasteiger partial charge is 0.493 e. The summed E-state index contributed by atoms with van der Waals surface area (Å²) in [5.41, 5.74) is 5.75. The van der Waals surface area contributed by atoms with E-state index >= 15 is 0 Å². The third kappa shape index (κ3) is 4.52. The highest BCUT2D eigenvalue weighted by Crippen LogP contribution is 2.40. The molecule has 0 amide bonds. The molecular formula is C29H34N2O2. The van der Waals surface area contributed by atoms with Crippen molar-refractivity contribution in [1.82, 2.24) is 9.97 Å². The smallest absolute Gasteiger partial charge is 0.161 e. The Morgan fingerprint density at radius 2 is 1.61 bits per heavy atom. The number of rotatable bonds is 5. The van der Waals surface area contributed by atoms with E-state index in [0.717, 1.165) is 29.1 Å². The number of aromatic nitrogens is 2. The normalized spacial score (nSPS) is 14.3. The first-order chi connectivity index (χ1) is 15.7. The maximum Gasteiger partial charge on any atom is 0.161 e. The van der Waals surface area contributed by atoms with Gasteiger partial charge >= 0.3 is 0 Å². The van der Waals surface area contributed by atoms with Crippen LogP contribution in [-0.2, 0) is 6.42 Å². The predicted molar refractivity (Wildman–Crippen MR) is 137 cm³/mol. The summed E-state index contributed by atoms with van der Waals surface area (Å²) in [4.78, 5) is 9.66. The van der Waals surface area contributed by atoms with Gasteiger partial charge in [0.15, 0.2) is 11.5 Å². The maximum absolute atomic E-state index is 5.65. The summed E-state index contributed by atoms with van der Waals surface area (Å²) in [7, 11) is 3.40. The van der Waals surface area contributed by atoms with Crippen LogP contribution >= 0.6 is 0 Å². The third-order valence-corrected chi connectivity index (χ3v) is 6.78. The summed E-state index contributed by atoms with van der Waals surface area (Å²) in [5, 5.41) is 3.58. The molecule has 5 rings (SSSR count). The summed E-state index contributed by atoms with van der Waals surface area (Å²) in [6, 6.07) is 15.0. The Morgan fingerprint density at radius 3 is 2.33 bits per heavy atom. The fourth-order valence-electron chi connectivity index (χ4n) is 5.09. The molecule has 4 heteroatoms. The molecule has 1 aliphatic rings. The topological polar surface area (TPSA) is 44.2 Å². The minimum Gasteiger partial charge on any atom is -0.493 e. The first-order valence-electron chi connectivity index (χ1n) is 11.6.